The number of aromatic nitrogens is 5. The van der Waals surface area contributed by atoms with Crippen molar-refractivity contribution in [2.45, 2.75) is 26.3 Å². The zero-order valence-corrected chi connectivity index (χ0v) is 16.1. The number of nitrogens with zero attached hydrogens (tertiary/aromatic N) is 4. The van der Waals surface area contributed by atoms with Crippen molar-refractivity contribution in [1.29, 1.82) is 0 Å². The third-order valence-corrected chi connectivity index (χ3v) is 4.71. The number of fused-ring (bicyclic) bond motifs is 1. The first-order chi connectivity index (χ1) is 14.0. The maximum absolute atomic E-state index is 12.8. The van der Waals surface area contributed by atoms with E-state index in [4.69, 9.17) is 0 Å². The van der Waals surface area contributed by atoms with Crippen LogP contribution in [0.3, 0.4) is 0 Å². The van der Waals surface area contributed by atoms with Gasteiger partial charge in [0.05, 0.1) is 23.0 Å². The molecule has 2 N–H and O–H groups in total. The van der Waals surface area contributed by atoms with Gasteiger partial charge in [-0.3, -0.25) is 14.7 Å². The smallest absolute Gasteiger partial charge is 0.272 e. The third-order valence-electron chi connectivity index (χ3n) is 4.71. The summed E-state index contributed by atoms with van der Waals surface area (Å²) in [6.45, 7) is 3.63. The first-order valence-electron chi connectivity index (χ1n) is 9.22. The minimum atomic E-state index is -0.363. The Balaban J connectivity index is 1.67. The van der Waals surface area contributed by atoms with Crippen LogP contribution in [0.1, 0.15) is 39.0 Å². The molecule has 146 valence electrons. The van der Waals surface area contributed by atoms with E-state index in [2.05, 4.69) is 25.4 Å². The first-order valence-corrected chi connectivity index (χ1v) is 9.22. The summed E-state index contributed by atoms with van der Waals surface area (Å²) in [5.74, 6) is -0.271. The summed E-state index contributed by atoms with van der Waals surface area (Å²) in [4.78, 5) is 37.8. The van der Waals surface area contributed by atoms with Gasteiger partial charge >= 0.3 is 0 Å². The molecule has 4 rings (SSSR count). The Labute approximate surface area is 166 Å². The third kappa shape index (κ3) is 3.91. The van der Waals surface area contributed by atoms with Crippen LogP contribution in [0.2, 0.25) is 0 Å². The molecule has 4 aromatic rings. The molecule has 0 aliphatic carbocycles. The molecule has 8 nitrogen and oxygen atoms in total. The van der Waals surface area contributed by atoms with Gasteiger partial charge in [-0.1, -0.05) is 30.3 Å². The highest BCUT2D eigenvalue weighted by Gasteiger charge is 2.19. The average molecular weight is 388 g/mol. The number of aromatic amines is 1. The molecule has 0 saturated heterocycles. The molecule has 0 unspecified atom stereocenters. The van der Waals surface area contributed by atoms with Crippen LogP contribution in [-0.2, 0) is 6.42 Å². The Morgan fingerprint density at radius 1 is 1.21 bits per heavy atom. The summed E-state index contributed by atoms with van der Waals surface area (Å²) >= 11 is 0. The molecule has 0 saturated carbocycles. The molecular formula is C21H20N6O2. The summed E-state index contributed by atoms with van der Waals surface area (Å²) in [6.07, 6.45) is 3.28. The summed E-state index contributed by atoms with van der Waals surface area (Å²) in [6, 6.07) is 12.5. The molecule has 0 aliphatic heterocycles. The molecular weight excluding hydrogens is 368 g/mol. The molecule has 29 heavy (non-hydrogen) atoms. The lowest BCUT2D eigenvalue weighted by Gasteiger charge is -2.19. The van der Waals surface area contributed by atoms with E-state index in [9.17, 15) is 9.59 Å². The second-order valence-corrected chi connectivity index (χ2v) is 6.88. The predicted octanol–water partition coefficient (Wildman–Crippen LogP) is 2.14. The molecule has 1 aromatic carbocycles. The van der Waals surface area contributed by atoms with Gasteiger partial charge in [0.25, 0.3) is 11.5 Å². The largest absolute Gasteiger partial charge is 0.345 e. The van der Waals surface area contributed by atoms with E-state index in [0.29, 0.717) is 29.0 Å². The fourth-order valence-electron chi connectivity index (χ4n) is 3.26. The number of nitrogens with one attached hydrogen (secondary N) is 2. The van der Waals surface area contributed by atoms with E-state index in [1.165, 1.54) is 23.1 Å². The number of hydrogen-bond donors (Lipinski definition) is 2. The standard InChI is InChI=1S/C21H20N6O2/c1-13-8-19-24-16(10-20(28)27(19)26-13)9-18(15-6-4-3-5-7-15)25-21(29)17-11-22-12-23-14(17)2/h3-8,10-12,18,26H,9H2,1-2H3,(H,25,29)/t18-/m0/s1. The van der Waals surface area contributed by atoms with Crippen LogP contribution in [0.25, 0.3) is 5.65 Å². The Kier molecular flexibility index (Phi) is 4.90. The number of H-pyrrole nitrogens is 1. The second-order valence-electron chi connectivity index (χ2n) is 6.88. The molecule has 0 aliphatic rings. The number of benzene rings is 1. The topological polar surface area (TPSA) is 105 Å². The second kappa shape index (κ2) is 7.67. The minimum Gasteiger partial charge on any atom is -0.345 e. The highest BCUT2D eigenvalue weighted by atomic mass is 16.1. The number of carbonyl (C=O) groups excluding carboxylic acids is 1. The van der Waals surface area contributed by atoms with E-state index in [1.807, 2.05) is 43.3 Å². The average Bonchev–Trinajstić information content (AvgIpc) is 3.09. The lowest BCUT2D eigenvalue weighted by Crippen LogP contribution is -2.31. The van der Waals surface area contributed by atoms with Crippen LogP contribution in [0.5, 0.6) is 0 Å². The lowest BCUT2D eigenvalue weighted by atomic mass is 10.0. The molecule has 0 spiro atoms. The van der Waals surface area contributed by atoms with Crippen molar-refractivity contribution < 1.29 is 4.79 Å². The van der Waals surface area contributed by atoms with Crippen molar-refractivity contribution in [3.63, 3.8) is 0 Å². The zero-order chi connectivity index (χ0) is 20.4. The molecule has 1 amide bonds. The SMILES string of the molecule is Cc1cc2nc(C[C@H](NC(=O)c3cncnc3C)c3ccccc3)cc(=O)n2[nH]1. The van der Waals surface area contributed by atoms with Gasteiger partial charge < -0.3 is 5.32 Å². The number of carbonyl (C=O) groups is 1. The van der Waals surface area contributed by atoms with Crippen molar-refractivity contribution in [3.05, 3.63) is 93.6 Å². The maximum Gasteiger partial charge on any atom is 0.272 e. The van der Waals surface area contributed by atoms with Crippen LogP contribution in [-0.4, -0.2) is 30.5 Å². The van der Waals surface area contributed by atoms with Gasteiger partial charge in [0.15, 0.2) is 5.65 Å². The monoisotopic (exact) mass is 388 g/mol. The number of amides is 1. The Hall–Kier alpha value is -3.81. The Morgan fingerprint density at radius 2 is 2.00 bits per heavy atom. The highest BCUT2D eigenvalue weighted by Crippen LogP contribution is 2.18. The molecule has 0 bridgehead atoms. The van der Waals surface area contributed by atoms with Crippen LogP contribution < -0.4 is 10.9 Å². The van der Waals surface area contributed by atoms with E-state index < -0.39 is 0 Å². The van der Waals surface area contributed by atoms with Crippen molar-refractivity contribution in [2.75, 3.05) is 0 Å². The van der Waals surface area contributed by atoms with Crippen molar-refractivity contribution in [2.24, 2.45) is 0 Å². The van der Waals surface area contributed by atoms with E-state index >= 15 is 0 Å². The number of aryl methyl sites for hydroxylation is 2. The molecule has 8 heteroatoms. The predicted molar refractivity (Wildman–Crippen MR) is 108 cm³/mol. The summed E-state index contributed by atoms with van der Waals surface area (Å²) in [5, 5.41) is 5.99. The Morgan fingerprint density at radius 3 is 2.76 bits per heavy atom. The molecule has 0 radical (unpaired) electrons. The molecule has 0 fully saturated rings. The van der Waals surface area contributed by atoms with Crippen LogP contribution in [0.15, 0.2) is 59.8 Å². The number of hydrogen-bond acceptors (Lipinski definition) is 5. The van der Waals surface area contributed by atoms with Gasteiger partial charge in [0.1, 0.15) is 6.33 Å². The minimum absolute atomic E-state index is 0.191. The fourth-order valence-corrected chi connectivity index (χ4v) is 3.26. The van der Waals surface area contributed by atoms with Crippen molar-refractivity contribution in [1.82, 2.24) is 29.9 Å². The van der Waals surface area contributed by atoms with E-state index in [1.54, 1.807) is 6.92 Å². The van der Waals surface area contributed by atoms with Gasteiger partial charge in [0.2, 0.25) is 0 Å². The fraction of sp³-hybridized carbons (Fsp3) is 0.190. The molecule has 3 heterocycles. The van der Waals surface area contributed by atoms with Gasteiger partial charge in [-0.05, 0) is 19.4 Å². The highest BCUT2D eigenvalue weighted by molar-refractivity contribution is 5.95. The summed E-state index contributed by atoms with van der Waals surface area (Å²) in [7, 11) is 0. The van der Waals surface area contributed by atoms with Crippen LogP contribution in [0.4, 0.5) is 0 Å². The zero-order valence-electron chi connectivity index (χ0n) is 16.1. The van der Waals surface area contributed by atoms with E-state index in [0.717, 1.165) is 11.3 Å². The van der Waals surface area contributed by atoms with Gasteiger partial charge in [0, 0.05) is 30.4 Å². The van der Waals surface area contributed by atoms with Gasteiger partial charge in [-0.2, -0.15) is 0 Å². The molecule has 3 aromatic heterocycles. The quantitative estimate of drug-likeness (QED) is 0.545. The Bertz CT molecular complexity index is 1230. The van der Waals surface area contributed by atoms with Crippen molar-refractivity contribution >= 4 is 11.6 Å². The summed E-state index contributed by atoms with van der Waals surface area (Å²) < 4.78 is 1.40. The summed E-state index contributed by atoms with van der Waals surface area (Å²) in [5.41, 5.74) is 3.74. The lowest BCUT2D eigenvalue weighted by molar-refractivity contribution is 0.0935. The molecule has 1 atom stereocenters. The van der Waals surface area contributed by atoms with Crippen molar-refractivity contribution in [3.8, 4) is 0 Å². The van der Waals surface area contributed by atoms with E-state index in [-0.39, 0.29) is 17.5 Å². The van der Waals surface area contributed by atoms with Gasteiger partial charge in [-0.25, -0.2) is 19.5 Å². The first kappa shape index (κ1) is 18.5. The maximum atomic E-state index is 12.8. The normalized spacial score (nSPS) is 12.1. The van der Waals surface area contributed by atoms with Crippen LogP contribution in [0, 0.1) is 13.8 Å². The van der Waals surface area contributed by atoms with Gasteiger partial charge in [-0.15, -0.1) is 0 Å². The van der Waals surface area contributed by atoms with Crippen LogP contribution >= 0.6 is 0 Å². The number of rotatable bonds is 5.